The van der Waals surface area contributed by atoms with E-state index in [-0.39, 0.29) is 0 Å². The van der Waals surface area contributed by atoms with E-state index < -0.39 is 17.6 Å². The van der Waals surface area contributed by atoms with Crippen LogP contribution >= 0.6 is 0 Å². The number of alkyl halides is 3. The first-order chi connectivity index (χ1) is 14.3. The number of nitrogens with zero attached hydrogens (tertiary/aromatic N) is 1. The number of halogens is 3. The Kier molecular flexibility index (Phi) is 4.99. The fourth-order valence-corrected chi connectivity index (χ4v) is 3.71. The minimum Gasteiger partial charge on any atom is -0.380 e. The van der Waals surface area contributed by atoms with Crippen molar-refractivity contribution in [3.05, 3.63) is 82.9 Å². The van der Waals surface area contributed by atoms with Gasteiger partial charge in [0, 0.05) is 30.0 Å². The average Bonchev–Trinajstić information content (AvgIpc) is 3.01. The number of hydrogen-bond donors (Lipinski definition) is 1. The number of carbonyl (C=O) groups is 1. The molecule has 153 valence electrons. The summed E-state index contributed by atoms with van der Waals surface area (Å²) in [6, 6.07) is 17.3. The summed E-state index contributed by atoms with van der Waals surface area (Å²) in [4.78, 5) is 12.0. The first-order valence-electron chi connectivity index (χ1n) is 9.20. The SMILES string of the molecule is COCc1c[c]c2c3c(C(N)=O)cccc3n(Cc3ccc(C(F)(F)F)cc3)c2c1. The van der Waals surface area contributed by atoms with Crippen LogP contribution in [0, 0.1) is 6.07 Å². The topological polar surface area (TPSA) is 57.2 Å². The molecule has 1 radical (unpaired) electrons. The maximum atomic E-state index is 12.9. The summed E-state index contributed by atoms with van der Waals surface area (Å²) in [7, 11) is 1.59. The van der Waals surface area contributed by atoms with Gasteiger partial charge in [0.2, 0.25) is 5.91 Å². The van der Waals surface area contributed by atoms with Gasteiger partial charge >= 0.3 is 6.18 Å². The Bertz CT molecular complexity index is 1240. The van der Waals surface area contributed by atoms with Crippen molar-refractivity contribution in [2.45, 2.75) is 19.3 Å². The predicted molar refractivity (Wildman–Crippen MR) is 108 cm³/mol. The highest BCUT2D eigenvalue weighted by molar-refractivity contribution is 6.17. The van der Waals surface area contributed by atoms with Crippen LogP contribution in [0.5, 0.6) is 0 Å². The van der Waals surface area contributed by atoms with Gasteiger partial charge < -0.3 is 15.0 Å². The average molecular weight is 411 g/mol. The van der Waals surface area contributed by atoms with Crippen molar-refractivity contribution >= 4 is 27.7 Å². The van der Waals surface area contributed by atoms with Crippen LogP contribution in [-0.2, 0) is 24.1 Å². The molecule has 1 aromatic heterocycles. The molecule has 4 nitrogen and oxygen atoms in total. The molecule has 0 saturated carbocycles. The number of benzene rings is 3. The fourth-order valence-electron chi connectivity index (χ4n) is 3.71. The Hall–Kier alpha value is -3.32. The third kappa shape index (κ3) is 3.52. The lowest BCUT2D eigenvalue weighted by atomic mass is 10.0. The number of ether oxygens (including phenoxy) is 1. The fraction of sp³-hybridized carbons (Fsp3) is 0.174. The van der Waals surface area contributed by atoms with Gasteiger partial charge in [0.25, 0.3) is 0 Å². The first kappa shape index (κ1) is 20.0. The summed E-state index contributed by atoms with van der Waals surface area (Å²) >= 11 is 0. The molecule has 0 atom stereocenters. The molecule has 2 N–H and O–H groups in total. The standard InChI is InChI=1S/C23H18F3N2O2/c1-30-13-15-7-10-17-20(11-15)28(19-4-2-3-18(21(17)19)22(27)29)12-14-5-8-16(9-6-14)23(24,25)26/h2-9,11H,12-13H2,1H3,(H2,27,29). The smallest absolute Gasteiger partial charge is 0.380 e. The Morgan fingerprint density at radius 2 is 1.83 bits per heavy atom. The quantitative estimate of drug-likeness (QED) is 0.508. The van der Waals surface area contributed by atoms with Crippen molar-refractivity contribution in [1.29, 1.82) is 0 Å². The molecule has 1 amide bonds. The van der Waals surface area contributed by atoms with Crippen LogP contribution in [0.1, 0.15) is 27.0 Å². The van der Waals surface area contributed by atoms with Gasteiger partial charge in [-0.15, -0.1) is 0 Å². The van der Waals surface area contributed by atoms with Crippen LogP contribution in [0.4, 0.5) is 13.2 Å². The van der Waals surface area contributed by atoms with E-state index in [9.17, 15) is 18.0 Å². The zero-order valence-electron chi connectivity index (χ0n) is 16.1. The first-order valence-corrected chi connectivity index (χ1v) is 9.20. The van der Waals surface area contributed by atoms with E-state index >= 15 is 0 Å². The number of carbonyl (C=O) groups excluding carboxylic acids is 1. The van der Waals surface area contributed by atoms with Gasteiger partial charge in [-0.25, -0.2) is 0 Å². The van der Waals surface area contributed by atoms with Gasteiger partial charge in [-0.2, -0.15) is 13.2 Å². The van der Waals surface area contributed by atoms with Gasteiger partial charge in [0.15, 0.2) is 0 Å². The summed E-state index contributed by atoms with van der Waals surface area (Å²) in [6.07, 6.45) is -4.38. The summed E-state index contributed by atoms with van der Waals surface area (Å²) < 4.78 is 45.8. The Morgan fingerprint density at radius 3 is 2.47 bits per heavy atom. The second kappa shape index (κ2) is 7.50. The molecule has 0 aliphatic carbocycles. The van der Waals surface area contributed by atoms with Crippen LogP contribution in [0.25, 0.3) is 21.8 Å². The second-order valence-corrected chi connectivity index (χ2v) is 7.05. The Labute approximate surface area is 170 Å². The van der Waals surface area contributed by atoms with Crippen LogP contribution < -0.4 is 5.73 Å². The van der Waals surface area contributed by atoms with E-state index in [2.05, 4.69) is 6.07 Å². The van der Waals surface area contributed by atoms with Gasteiger partial charge in [-0.05, 0) is 53.6 Å². The summed E-state index contributed by atoms with van der Waals surface area (Å²) in [5.74, 6) is -0.552. The van der Waals surface area contributed by atoms with Crippen LogP contribution in [0.2, 0.25) is 0 Å². The molecule has 0 saturated heterocycles. The number of primary amides is 1. The van der Waals surface area contributed by atoms with Crippen molar-refractivity contribution in [1.82, 2.24) is 4.57 Å². The maximum absolute atomic E-state index is 12.9. The number of rotatable bonds is 5. The zero-order chi connectivity index (χ0) is 21.5. The van der Waals surface area contributed by atoms with E-state index in [1.807, 2.05) is 16.7 Å². The maximum Gasteiger partial charge on any atom is 0.416 e. The van der Waals surface area contributed by atoms with Crippen molar-refractivity contribution in [3.63, 3.8) is 0 Å². The molecule has 0 fully saturated rings. The van der Waals surface area contributed by atoms with Gasteiger partial charge in [0.1, 0.15) is 0 Å². The summed E-state index contributed by atoms with van der Waals surface area (Å²) in [5.41, 5.74) is 8.40. The molecule has 0 aliphatic rings. The van der Waals surface area contributed by atoms with Gasteiger partial charge in [-0.3, -0.25) is 4.79 Å². The second-order valence-electron chi connectivity index (χ2n) is 7.05. The molecule has 1 heterocycles. The number of methoxy groups -OCH3 is 1. The minimum atomic E-state index is -4.38. The third-order valence-corrected chi connectivity index (χ3v) is 5.05. The molecular weight excluding hydrogens is 393 g/mol. The molecule has 7 heteroatoms. The van der Waals surface area contributed by atoms with Crippen LogP contribution in [-0.4, -0.2) is 17.6 Å². The van der Waals surface area contributed by atoms with Gasteiger partial charge in [-0.1, -0.05) is 18.2 Å². The molecule has 0 unspecified atom stereocenters. The molecular formula is C23H18F3N2O2. The monoisotopic (exact) mass is 411 g/mol. The molecule has 0 aliphatic heterocycles. The van der Waals surface area contributed by atoms with E-state index in [4.69, 9.17) is 10.5 Å². The van der Waals surface area contributed by atoms with Crippen molar-refractivity contribution in [3.8, 4) is 0 Å². The molecule has 0 bridgehead atoms. The highest BCUT2D eigenvalue weighted by Crippen LogP contribution is 2.33. The number of nitrogens with two attached hydrogens (primary N) is 1. The number of hydrogen-bond acceptors (Lipinski definition) is 2. The van der Waals surface area contributed by atoms with E-state index in [1.165, 1.54) is 12.1 Å². The predicted octanol–water partition coefficient (Wildman–Crippen LogP) is 4.91. The van der Waals surface area contributed by atoms with E-state index in [0.29, 0.717) is 29.7 Å². The molecule has 4 rings (SSSR count). The minimum absolute atomic E-state index is 0.324. The Balaban J connectivity index is 1.91. The number of aromatic nitrogens is 1. The van der Waals surface area contributed by atoms with Crippen LogP contribution in [0.15, 0.2) is 54.6 Å². The Morgan fingerprint density at radius 1 is 1.10 bits per heavy atom. The lowest BCUT2D eigenvalue weighted by Gasteiger charge is -2.11. The number of amides is 1. The molecule has 30 heavy (non-hydrogen) atoms. The normalized spacial score (nSPS) is 12.0. The highest BCUT2D eigenvalue weighted by Gasteiger charge is 2.30. The summed E-state index contributed by atoms with van der Waals surface area (Å²) in [6.45, 7) is 0.710. The zero-order valence-corrected chi connectivity index (χ0v) is 16.1. The van der Waals surface area contributed by atoms with Crippen molar-refractivity contribution in [2.75, 3.05) is 7.11 Å². The largest absolute Gasteiger partial charge is 0.416 e. The molecule has 3 aromatic carbocycles. The van der Waals surface area contributed by atoms with E-state index in [0.717, 1.165) is 34.1 Å². The molecule has 4 aromatic rings. The lowest BCUT2D eigenvalue weighted by molar-refractivity contribution is -0.137. The summed E-state index contributed by atoms with van der Waals surface area (Å²) in [5, 5.41) is 1.40. The van der Waals surface area contributed by atoms with Crippen LogP contribution in [0.3, 0.4) is 0 Å². The highest BCUT2D eigenvalue weighted by atomic mass is 19.4. The third-order valence-electron chi connectivity index (χ3n) is 5.05. The van der Waals surface area contributed by atoms with E-state index in [1.54, 1.807) is 25.3 Å². The number of fused-ring (bicyclic) bond motifs is 3. The molecule has 0 spiro atoms. The lowest BCUT2D eigenvalue weighted by Crippen LogP contribution is -2.11. The van der Waals surface area contributed by atoms with Gasteiger partial charge in [0.05, 0.1) is 23.2 Å². The van der Waals surface area contributed by atoms with Crippen molar-refractivity contribution < 1.29 is 22.7 Å². The van der Waals surface area contributed by atoms with Crippen molar-refractivity contribution in [2.24, 2.45) is 5.73 Å².